The summed E-state index contributed by atoms with van der Waals surface area (Å²) in [4.78, 5) is 10.9. The second-order valence-electron chi connectivity index (χ2n) is 6.21. The SMILES string of the molecule is COC(=O)CCCCCCCCCCCCCCC(C)O. The number of methoxy groups -OCH3 is 1. The molecule has 0 fully saturated rings. The molecule has 0 aliphatic rings. The van der Waals surface area contributed by atoms with E-state index in [9.17, 15) is 4.79 Å². The van der Waals surface area contributed by atoms with Gasteiger partial charge in [0.15, 0.2) is 0 Å². The fourth-order valence-electron chi connectivity index (χ4n) is 2.58. The topological polar surface area (TPSA) is 46.5 Å². The standard InChI is InChI=1S/C18H36O3/c1-17(19)15-13-11-9-7-5-3-4-6-8-10-12-14-16-18(20)21-2/h17,19H,3-16H2,1-2H3. The Hall–Kier alpha value is -0.570. The van der Waals surface area contributed by atoms with Crippen LogP contribution in [-0.4, -0.2) is 24.3 Å². The molecule has 0 aromatic carbocycles. The van der Waals surface area contributed by atoms with E-state index in [-0.39, 0.29) is 12.1 Å². The van der Waals surface area contributed by atoms with Crippen LogP contribution in [0.1, 0.15) is 96.8 Å². The minimum Gasteiger partial charge on any atom is -0.469 e. The quantitative estimate of drug-likeness (QED) is 0.342. The summed E-state index contributed by atoms with van der Waals surface area (Å²) < 4.78 is 4.62. The van der Waals surface area contributed by atoms with E-state index < -0.39 is 0 Å². The third-order valence-electron chi connectivity index (χ3n) is 3.98. The van der Waals surface area contributed by atoms with Gasteiger partial charge in [-0.05, 0) is 19.8 Å². The average molecular weight is 300 g/mol. The van der Waals surface area contributed by atoms with Crippen LogP contribution in [0.15, 0.2) is 0 Å². The van der Waals surface area contributed by atoms with Gasteiger partial charge in [0.1, 0.15) is 0 Å². The molecule has 0 radical (unpaired) electrons. The Kier molecular flexibility index (Phi) is 15.4. The number of aliphatic hydroxyl groups excluding tert-OH is 1. The largest absolute Gasteiger partial charge is 0.469 e. The van der Waals surface area contributed by atoms with Crippen LogP contribution in [-0.2, 0) is 9.53 Å². The molecule has 0 aliphatic heterocycles. The number of hydrogen-bond acceptors (Lipinski definition) is 3. The molecular formula is C18H36O3. The molecule has 0 aliphatic carbocycles. The van der Waals surface area contributed by atoms with Gasteiger partial charge in [0.2, 0.25) is 0 Å². The molecule has 0 aromatic heterocycles. The Balaban J connectivity index is 3.01. The van der Waals surface area contributed by atoms with E-state index >= 15 is 0 Å². The van der Waals surface area contributed by atoms with Gasteiger partial charge in [0, 0.05) is 6.42 Å². The van der Waals surface area contributed by atoms with Crippen LogP contribution in [0.2, 0.25) is 0 Å². The lowest BCUT2D eigenvalue weighted by atomic mass is 10.0. The number of carbonyl (C=O) groups is 1. The Labute approximate surface area is 131 Å². The molecule has 0 aromatic rings. The predicted molar refractivity (Wildman–Crippen MR) is 88.3 cm³/mol. The van der Waals surface area contributed by atoms with Gasteiger partial charge in [-0.25, -0.2) is 0 Å². The summed E-state index contributed by atoms with van der Waals surface area (Å²) in [5.74, 6) is -0.0801. The van der Waals surface area contributed by atoms with Gasteiger partial charge < -0.3 is 9.84 Å². The number of hydrogen-bond donors (Lipinski definition) is 1. The summed E-state index contributed by atoms with van der Waals surface area (Å²) in [7, 11) is 1.45. The summed E-state index contributed by atoms with van der Waals surface area (Å²) in [6, 6.07) is 0. The molecule has 21 heavy (non-hydrogen) atoms. The van der Waals surface area contributed by atoms with E-state index in [0.29, 0.717) is 6.42 Å². The van der Waals surface area contributed by atoms with Crippen molar-refractivity contribution < 1.29 is 14.6 Å². The molecule has 0 amide bonds. The lowest BCUT2D eigenvalue weighted by Gasteiger charge is -2.04. The number of ether oxygens (including phenoxy) is 1. The first kappa shape index (κ1) is 20.4. The molecule has 3 heteroatoms. The maximum Gasteiger partial charge on any atom is 0.305 e. The molecule has 0 spiro atoms. The van der Waals surface area contributed by atoms with Crippen molar-refractivity contribution in [2.45, 2.75) is 103 Å². The minimum atomic E-state index is -0.127. The van der Waals surface area contributed by atoms with E-state index in [4.69, 9.17) is 5.11 Å². The van der Waals surface area contributed by atoms with Crippen molar-refractivity contribution in [2.24, 2.45) is 0 Å². The van der Waals surface area contributed by atoms with Crippen molar-refractivity contribution >= 4 is 5.97 Å². The maximum atomic E-state index is 10.9. The molecule has 1 atom stereocenters. The van der Waals surface area contributed by atoms with Crippen LogP contribution in [0.25, 0.3) is 0 Å². The van der Waals surface area contributed by atoms with Crippen molar-refractivity contribution in [2.75, 3.05) is 7.11 Å². The molecule has 126 valence electrons. The lowest BCUT2D eigenvalue weighted by molar-refractivity contribution is -0.140. The van der Waals surface area contributed by atoms with E-state index in [1.165, 1.54) is 71.3 Å². The van der Waals surface area contributed by atoms with Gasteiger partial charge in [0.05, 0.1) is 13.2 Å². The van der Waals surface area contributed by atoms with Crippen molar-refractivity contribution in [3.05, 3.63) is 0 Å². The van der Waals surface area contributed by atoms with Crippen molar-refractivity contribution in [3.8, 4) is 0 Å². The summed E-state index contributed by atoms with van der Waals surface area (Å²) in [5.41, 5.74) is 0. The third-order valence-corrected chi connectivity index (χ3v) is 3.98. The third kappa shape index (κ3) is 17.4. The maximum absolute atomic E-state index is 10.9. The van der Waals surface area contributed by atoms with Gasteiger partial charge >= 0.3 is 5.97 Å². The molecule has 1 unspecified atom stereocenters. The second-order valence-corrected chi connectivity index (χ2v) is 6.21. The molecule has 0 saturated heterocycles. The first-order chi connectivity index (χ1) is 10.2. The summed E-state index contributed by atoms with van der Waals surface area (Å²) in [6.45, 7) is 1.87. The first-order valence-corrected chi connectivity index (χ1v) is 8.91. The second kappa shape index (κ2) is 15.8. The monoisotopic (exact) mass is 300 g/mol. The molecule has 0 bridgehead atoms. The first-order valence-electron chi connectivity index (χ1n) is 8.91. The highest BCUT2D eigenvalue weighted by atomic mass is 16.5. The number of rotatable bonds is 15. The smallest absolute Gasteiger partial charge is 0.305 e. The van der Waals surface area contributed by atoms with E-state index in [1.54, 1.807) is 0 Å². The van der Waals surface area contributed by atoms with Crippen LogP contribution < -0.4 is 0 Å². The molecule has 0 heterocycles. The van der Waals surface area contributed by atoms with Crippen LogP contribution in [0.4, 0.5) is 0 Å². The molecule has 1 N–H and O–H groups in total. The highest BCUT2D eigenvalue weighted by molar-refractivity contribution is 5.68. The van der Waals surface area contributed by atoms with Gasteiger partial charge in [0.25, 0.3) is 0 Å². The van der Waals surface area contributed by atoms with Gasteiger partial charge in [-0.1, -0.05) is 70.6 Å². The van der Waals surface area contributed by atoms with Crippen molar-refractivity contribution in [1.29, 1.82) is 0 Å². The zero-order chi connectivity index (χ0) is 15.8. The number of esters is 1. The van der Waals surface area contributed by atoms with Gasteiger partial charge in [-0.2, -0.15) is 0 Å². The molecule has 3 nitrogen and oxygen atoms in total. The van der Waals surface area contributed by atoms with E-state index in [0.717, 1.165) is 19.3 Å². The lowest BCUT2D eigenvalue weighted by Crippen LogP contribution is -1.99. The zero-order valence-electron chi connectivity index (χ0n) is 14.2. The van der Waals surface area contributed by atoms with E-state index in [1.807, 2.05) is 6.92 Å². The summed E-state index contributed by atoms with van der Waals surface area (Å²) in [6.07, 6.45) is 16.6. The summed E-state index contributed by atoms with van der Waals surface area (Å²) in [5, 5.41) is 9.15. The Morgan fingerprint density at radius 2 is 1.19 bits per heavy atom. The molecule has 0 saturated carbocycles. The molecule has 0 rings (SSSR count). The fourth-order valence-corrected chi connectivity index (χ4v) is 2.58. The van der Waals surface area contributed by atoms with Crippen molar-refractivity contribution in [1.82, 2.24) is 0 Å². The zero-order valence-corrected chi connectivity index (χ0v) is 14.2. The Morgan fingerprint density at radius 3 is 1.57 bits per heavy atom. The highest BCUT2D eigenvalue weighted by Crippen LogP contribution is 2.13. The van der Waals surface area contributed by atoms with Crippen LogP contribution in [0.3, 0.4) is 0 Å². The average Bonchev–Trinajstić information content (AvgIpc) is 2.46. The van der Waals surface area contributed by atoms with Crippen LogP contribution >= 0.6 is 0 Å². The minimum absolute atomic E-state index is 0.0801. The van der Waals surface area contributed by atoms with Crippen molar-refractivity contribution in [3.63, 3.8) is 0 Å². The normalized spacial score (nSPS) is 12.3. The Bertz CT molecular complexity index is 227. The van der Waals surface area contributed by atoms with Crippen LogP contribution in [0.5, 0.6) is 0 Å². The van der Waals surface area contributed by atoms with E-state index in [2.05, 4.69) is 4.74 Å². The van der Waals surface area contributed by atoms with Crippen LogP contribution in [0, 0.1) is 0 Å². The number of unbranched alkanes of at least 4 members (excludes halogenated alkanes) is 11. The highest BCUT2D eigenvalue weighted by Gasteiger charge is 1.99. The fraction of sp³-hybridized carbons (Fsp3) is 0.944. The van der Waals surface area contributed by atoms with Gasteiger partial charge in [-0.15, -0.1) is 0 Å². The summed E-state index contributed by atoms with van der Waals surface area (Å²) >= 11 is 0. The molecular weight excluding hydrogens is 264 g/mol. The number of carbonyl (C=O) groups excluding carboxylic acids is 1. The Morgan fingerprint density at radius 1 is 0.810 bits per heavy atom. The number of aliphatic hydroxyl groups is 1. The van der Waals surface area contributed by atoms with Gasteiger partial charge in [-0.3, -0.25) is 4.79 Å². The predicted octanol–water partition coefficient (Wildman–Crippen LogP) is 5.00.